The number of carbonyl (C=O) groups is 2. The van der Waals surface area contributed by atoms with Crippen LogP contribution in [0.1, 0.15) is 54.9 Å². The van der Waals surface area contributed by atoms with Gasteiger partial charge in [0.05, 0.1) is 17.8 Å². The lowest BCUT2D eigenvalue weighted by molar-refractivity contribution is -0.114. The topological polar surface area (TPSA) is 58.6 Å². The number of ether oxygens (including phenoxy) is 1. The average Bonchev–Trinajstić information content (AvgIpc) is 2.81. The van der Waals surface area contributed by atoms with Crippen molar-refractivity contribution in [2.45, 2.75) is 59.2 Å². The molecule has 3 atom stereocenters. The van der Waals surface area contributed by atoms with E-state index in [1.807, 2.05) is 18.7 Å². The van der Waals surface area contributed by atoms with Crippen LogP contribution in [-0.4, -0.2) is 42.0 Å². The predicted molar refractivity (Wildman–Crippen MR) is 95.7 cm³/mol. The highest BCUT2D eigenvalue weighted by molar-refractivity contribution is 7.17. The molecule has 1 N–H and O–H groups in total. The number of nitrogens with one attached hydrogen (secondary N) is 1. The number of thiophene rings is 1. The molecule has 24 heavy (non-hydrogen) atoms. The first-order valence-corrected chi connectivity index (χ1v) is 9.53. The number of hydrogen-bond acceptors (Lipinski definition) is 4. The van der Waals surface area contributed by atoms with E-state index in [2.05, 4.69) is 12.2 Å². The number of hydrogen-bond donors (Lipinski definition) is 1. The van der Waals surface area contributed by atoms with Crippen molar-refractivity contribution in [2.75, 3.05) is 18.4 Å². The van der Waals surface area contributed by atoms with E-state index in [1.165, 1.54) is 11.8 Å². The van der Waals surface area contributed by atoms with Gasteiger partial charge in [-0.05, 0) is 44.6 Å². The number of nitrogens with zero attached hydrogens (tertiary/aromatic N) is 1. The predicted octanol–water partition coefficient (Wildman–Crippen LogP) is 3.08. The maximum Gasteiger partial charge on any atom is 0.257 e. The molecule has 1 aliphatic heterocycles. The fraction of sp³-hybridized carbons (Fsp3) is 0.667. The van der Waals surface area contributed by atoms with Gasteiger partial charge in [0.1, 0.15) is 5.00 Å². The van der Waals surface area contributed by atoms with Gasteiger partial charge in [-0.1, -0.05) is 6.92 Å². The van der Waals surface area contributed by atoms with Crippen LogP contribution in [0.4, 0.5) is 5.00 Å². The summed E-state index contributed by atoms with van der Waals surface area (Å²) in [6.45, 7) is 8.93. The molecule has 0 aromatic carbocycles. The van der Waals surface area contributed by atoms with Crippen LogP contribution in [0.25, 0.3) is 0 Å². The summed E-state index contributed by atoms with van der Waals surface area (Å²) in [4.78, 5) is 28.0. The maximum atomic E-state index is 13.2. The first-order valence-electron chi connectivity index (χ1n) is 8.72. The summed E-state index contributed by atoms with van der Waals surface area (Å²) in [6.07, 6.45) is 3.09. The van der Waals surface area contributed by atoms with Gasteiger partial charge in [0.15, 0.2) is 0 Å². The third-order valence-corrected chi connectivity index (χ3v) is 5.89. The highest BCUT2D eigenvalue weighted by Crippen LogP contribution is 2.40. The van der Waals surface area contributed by atoms with Crippen molar-refractivity contribution in [2.24, 2.45) is 5.92 Å². The second kappa shape index (κ2) is 6.84. The van der Waals surface area contributed by atoms with Crippen LogP contribution in [0.15, 0.2) is 0 Å². The van der Waals surface area contributed by atoms with Crippen LogP contribution in [0, 0.1) is 5.92 Å². The third-order valence-electron chi connectivity index (χ3n) is 4.72. The largest absolute Gasteiger partial charge is 0.372 e. The fourth-order valence-electron chi connectivity index (χ4n) is 3.73. The van der Waals surface area contributed by atoms with Gasteiger partial charge < -0.3 is 15.0 Å². The van der Waals surface area contributed by atoms with Crippen molar-refractivity contribution in [3.63, 3.8) is 0 Å². The molecule has 2 heterocycles. The molecule has 132 valence electrons. The molecule has 5 nitrogen and oxygen atoms in total. The van der Waals surface area contributed by atoms with Gasteiger partial charge in [0.2, 0.25) is 5.91 Å². The fourth-order valence-corrected chi connectivity index (χ4v) is 5.18. The van der Waals surface area contributed by atoms with Crippen LogP contribution in [0.5, 0.6) is 0 Å². The lowest BCUT2D eigenvalue weighted by atomic mass is 9.88. The zero-order chi connectivity index (χ0) is 17.4. The van der Waals surface area contributed by atoms with Crippen LogP contribution in [-0.2, 0) is 22.4 Å². The zero-order valence-electron chi connectivity index (χ0n) is 14.8. The van der Waals surface area contributed by atoms with Gasteiger partial charge in [-0.15, -0.1) is 11.3 Å². The number of fused-ring (bicyclic) bond motifs is 1. The lowest BCUT2D eigenvalue weighted by Crippen LogP contribution is -2.48. The van der Waals surface area contributed by atoms with E-state index >= 15 is 0 Å². The highest BCUT2D eigenvalue weighted by Gasteiger charge is 2.33. The number of morpholine rings is 1. The van der Waals surface area contributed by atoms with Gasteiger partial charge in [-0.3, -0.25) is 9.59 Å². The third kappa shape index (κ3) is 3.49. The molecule has 1 aromatic rings. The Morgan fingerprint density at radius 1 is 1.21 bits per heavy atom. The standard InChI is InChI=1S/C18H26N2O3S/c1-10-5-6-14-15(7-10)24-17(19-13(4)21)16(14)18(22)20-8-11(2)23-12(3)9-20/h10-12H,5-9H2,1-4H3,(H,19,21). The molecule has 3 rings (SSSR count). The van der Waals surface area contributed by atoms with Crippen molar-refractivity contribution in [1.82, 2.24) is 4.90 Å². The van der Waals surface area contributed by atoms with E-state index in [0.717, 1.165) is 35.4 Å². The molecule has 1 aromatic heterocycles. The quantitative estimate of drug-likeness (QED) is 0.892. The van der Waals surface area contributed by atoms with Crippen molar-refractivity contribution >= 4 is 28.2 Å². The number of anilines is 1. The Morgan fingerprint density at radius 2 is 1.88 bits per heavy atom. The molecule has 0 spiro atoms. The van der Waals surface area contributed by atoms with Crippen molar-refractivity contribution in [3.8, 4) is 0 Å². The van der Waals surface area contributed by atoms with E-state index in [1.54, 1.807) is 11.3 Å². The smallest absolute Gasteiger partial charge is 0.257 e. The van der Waals surface area contributed by atoms with E-state index in [4.69, 9.17) is 4.74 Å². The average molecular weight is 350 g/mol. The van der Waals surface area contributed by atoms with Crippen molar-refractivity contribution in [3.05, 3.63) is 16.0 Å². The lowest BCUT2D eigenvalue weighted by Gasteiger charge is -2.35. The normalized spacial score (nSPS) is 26.8. The molecule has 2 aliphatic rings. The molecule has 2 amide bonds. The van der Waals surface area contributed by atoms with E-state index in [9.17, 15) is 9.59 Å². The Morgan fingerprint density at radius 3 is 2.50 bits per heavy atom. The summed E-state index contributed by atoms with van der Waals surface area (Å²) in [5.41, 5.74) is 1.87. The Hall–Kier alpha value is -1.40. The Bertz CT molecular complexity index is 645. The molecule has 3 unspecified atom stereocenters. The molecule has 0 radical (unpaired) electrons. The van der Waals surface area contributed by atoms with E-state index < -0.39 is 0 Å². The summed E-state index contributed by atoms with van der Waals surface area (Å²) in [7, 11) is 0. The second-order valence-electron chi connectivity index (χ2n) is 7.20. The van der Waals surface area contributed by atoms with E-state index in [0.29, 0.717) is 19.0 Å². The minimum Gasteiger partial charge on any atom is -0.372 e. The van der Waals surface area contributed by atoms with Crippen LogP contribution in [0.2, 0.25) is 0 Å². The minimum absolute atomic E-state index is 0.0350. The Kier molecular flexibility index (Phi) is 4.97. The first kappa shape index (κ1) is 17.4. The molecular weight excluding hydrogens is 324 g/mol. The summed E-state index contributed by atoms with van der Waals surface area (Å²) in [5.74, 6) is 0.542. The molecule has 0 bridgehead atoms. The molecule has 1 aliphatic carbocycles. The Balaban J connectivity index is 1.95. The van der Waals surface area contributed by atoms with Crippen molar-refractivity contribution in [1.29, 1.82) is 0 Å². The van der Waals surface area contributed by atoms with Gasteiger partial charge >= 0.3 is 0 Å². The van der Waals surface area contributed by atoms with Crippen molar-refractivity contribution < 1.29 is 14.3 Å². The van der Waals surface area contributed by atoms with Gasteiger partial charge in [-0.25, -0.2) is 0 Å². The summed E-state index contributed by atoms with van der Waals surface area (Å²) in [5, 5.41) is 3.61. The van der Waals surface area contributed by atoms with E-state index in [-0.39, 0.29) is 24.0 Å². The molecule has 1 saturated heterocycles. The summed E-state index contributed by atoms with van der Waals surface area (Å²) >= 11 is 1.58. The zero-order valence-corrected chi connectivity index (χ0v) is 15.7. The molecule has 0 saturated carbocycles. The van der Waals surface area contributed by atoms with Crippen LogP contribution < -0.4 is 5.32 Å². The minimum atomic E-state index is -0.126. The monoisotopic (exact) mass is 350 g/mol. The highest BCUT2D eigenvalue weighted by atomic mass is 32.1. The number of amides is 2. The molecular formula is C18H26N2O3S. The summed E-state index contributed by atoms with van der Waals surface area (Å²) in [6, 6.07) is 0. The second-order valence-corrected chi connectivity index (χ2v) is 8.31. The number of carbonyl (C=O) groups excluding carboxylic acids is 2. The first-order chi connectivity index (χ1) is 11.3. The molecule has 1 fully saturated rings. The van der Waals surface area contributed by atoms with Gasteiger partial charge in [0.25, 0.3) is 5.91 Å². The van der Waals surface area contributed by atoms with Gasteiger partial charge in [0, 0.05) is 24.9 Å². The SMILES string of the molecule is CC(=O)Nc1sc2c(c1C(=O)N1CC(C)OC(C)C1)CCC(C)C2. The van der Waals surface area contributed by atoms with Gasteiger partial charge in [-0.2, -0.15) is 0 Å². The van der Waals surface area contributed by atoms with Crippen LogP contribution in [0.3, 0.4) is 0 Å². The Labute approximate surface area is 147 Å². The maximum absolute atomic E-state index is 13.2. The van der Waals surface area contributed by atoms with Crippen LogP contribution >= 0.6 is 11.3 Å². The number of rotatable bonds is 2. The molecule has 6 heteroatoms. The summed E-state index contributed by atoms with van der Waals surface area (Å²) < 4.78 is 5.74.